The molecular formula is C36H50O7Si. The Balaban J connectivity index is 2.42. The van der Waals surface area contributed by atoms with Crippen molar-refractivity contribution in [1.29, 1.82) is 0 Å². The molecule has 0 N–H and O–H groups in total. The highest BCUT2D eigenvalue weighted by atomic mass is 28.4. The summed E-state index contributed by atoms with van der Waals surface area (Å²) in [6.45, 7) is 17.3. The number of allylic oxidation sites excluding steroid dienone is 5. The van der Waals surface area contributed by atoms with E-state index in [1.165, 1.54) is 0 Å². The summed E-state index contributed by atoms with van der Waals surface area (Å²) in [4.78, 5) is 14.1. The summed E-state index contributed by atoms with van der Waals surface area (Å²) in [5.74, 6) is 0.790. The van der Waals surface area contributed by atoms with Crippen LogP contribution in [-0.2, 0) is 25.6 Å². The normalized spacial score (nSPS) is 13.8. The largest absolute Gasteiger partial charge is 0.543 e. The number of carbonyl (C=O) groups is 1. The predicted octanol–water partition coefficient (Wildman–Crippen LogP) is 8.53. The molecular weight excluding hydrogens is 572 g/mol. The molecule has 0 radical (unpaired) electrons. The van der Waals surface area contributed by atoms with Crippen LogP contribution in [0.5, 0.6) is 11.5 Å². The van der Waals surface area contributed by atoms with Gasteiger partial charge >= 0.3 is 5.97 Å². The van der Waals surface area contributed by atoms with Crippen molar-refractivity contribution in [1.82, 2.24) is 0 Å². The van der Waals surface area contributed by atoms with Gasteiger partial charge in [-0.2, -0.15) is 0 Å². The van der Waals surface area contributed by atoms with Crippen molar-refractivity contribution in [2.75, 3.05) is 27.6 Å². The van der Waals surface area contributed by atoms with Crippen LogP contribution in [0.2, 0.25) is 18.1 Å². The Kier molecular flexibility index (Phi) is 15.4. The molecule has 44 heavy (non-hydrogen) atoms. The van der Waals surface area contributed by atoms with E-state index in [9.17, 15) is 4.79 Å². The number of benzene rings is 2. The smallest absolute Gasteiger partial charge is 0.342 e. The number of carbonyl (C=O) groups excluding carboxylic acids is 1. The van der Waals surface area contributed by atoms with E-state index in [2.05, 4.69) is 40.4 Å². The molecule has 0 aromatic heterocycles. The van der Waals surface area contributed by atoms with Gasteiger partial charge < -0.3 is 28.1 Å². The number of esters is 1. The topological polar surface area (TPSA) is 72.5 Å². The second-order valence-corrected chi connectivity index (χ2v) is 16.5. The van der Waals surface area contributed by atoms with Gasteiger partial charge in [0.25, 0.3) is 8.32 Å². The first-order chi connectivity index (χ1) is 21.0. The SMILES string of the molecule is C=C/C=C\[C@H](OCOC)[C@H](CCOCc1ccc(OC)cc1)OC(=O)c1c(/C=C/C=C/C)cccc1O[Si](C)(C)C(C)(C)C. The van der Waals surface area contributed by atoms with Crippen LogP contribution in [0.25, 0.3) is 6.08 Å². The second kappa shape index (κ2) is 18.4. The molecule has 8 heteroatoms. The van der Waals surface area contributed by atoms with E-state index in [-0.39, 0.29) is 11.8 Å². The van der Waals surface area contributed by atoms with Crippen LogP contribution < -0.4 is 9.16 Å². The van der Waals surface area contributed by atoms with Crippen molar-refractivity contribution in [2.45, 2.75) is 71.1 Å². The lowest BCUT2D eigenvalue weighted by Gasteiger charge is -2.37. The third-order valence-electron chi connectivity index (χ3n) is 7.43. The molecule has 0 saturated heterocycles. The molecule has 0 fully saturated rings. The first-order valence-electron chi connectivity index (χ1n) is 14.9. The number of ether oxygens (including phenoxy) is 5. The minimum atomic E-state index is -2.28. The zero-order valence-electron chi connectivity index (χ0n) is 27.6. The van der Waals surface area contributed by atoms with Crippen LogP contribution in [0.1, 0.15) is 55.6 Å². The highest BCUT2D eigenvalue weighted by Crippen LogP contribution is 2.39. The van der Waals surface area contributed by atoms with Gasteiger partial charge in [0.05, 0.1) is 20.3 Å². The fraction of sp³-hybridized carbons (Fsp3) is 0.417. The maximum Gasteiger partial charge on any atom is 0.342 e. The molecule has 2 atom stereocenters. The average molecular weight is 623 g/mol. The van der Waals surface area contributed by atoms with Crippen molar-refractivity contribution >= 4 is 20.4 Å². The molecule has 0 unspecified atom stereocenters. The first kappa shape index (κ1) is 36.8. The second-order valence-electron chi connectivity index (χ2n) is 11.8. The Morgan fingerprint density at radius 2 is 1.75 bits per heavy atom. The maximum absolute atomic E-state index is 14.1. The molecule has 0 aliphatic rings. The molecule has 0 aliphatic heterocycles. The summed E-state index contributed by atoms with van der Waals surface area (Å²) in [5, 5.41) is -0.0662. The van der Waals surface area contributed by atoms with E-state index < -0.39 is 26.5 Å². The molecule has 0 aliphatic carbocycles. The Labute approximate surface area is 265 Å². The van der Waals surface area contributed by atoms with E-state index in [0.29, 0.717) is 36.5 Å². The van der Waals surface area contributed by atoms with Crippen LogP contribution in [0.4, 0.5) is 0 Å². The molecule has 2 aromatic rings. The highest BCUT2D eigenvalue weighted by Gasteiger charge is 2.40. The van der Waals surface area contributed by atoms with Gasteiger partial charge in [-0.25, -0.2) is 4.79 Å². The minimum absolute atomic E-state index is 0.0231. The summed E-state index contributed by atoms with van der Waals surface area (Å²) in [5.41, 5.74) is 2.09. The summed E-state index contributed by atoms with van der Waals surface area (Å²) >= 11 is 0. The van der Waals surface area contributed by atoms with Gasteiger partial charge in [-0.05, 0) is 54.4 Å². The molecule has 0 heterocycles. The molecule has 0 amide bonds. The average Bonchev–Trinajstić information content (AvgIpc) is 2.98. The zero-order valence-corrected chi connectivity index (χ0v) is 28.6. The Morgan fingerprint density at radius 1 is 1.02 bits per heavy atom. The van der Waals surface area contributed by atoms with E-state index in [4.69, 9.17) is 28.1 Å². The van der Waals surface area contributed by atoms with Crippen molar-refractivity contribution in [3.8, 4) is 11.5 Å². The number of hydrogen-bond acceptors (Lipinski definition) is 7. The summed E-state index contributed by atoms with van der Waals surface area (Å²) in [6, 6.07) is 13.3. The molecule has 2 rings (SSSR count). The lowest BCUT2D eigenvalue weighted by Crippen LogP contribution is -2.44. The van der Waals surface area contributed by atoms with Gasteiger partial charge in [0.15, 0.2) is 0 Å². The quantitative estimate of drug-likeness (QED) is 0.0542. The van der Waals surface area contributed by atoms with Crippen LogP contribution in [0.3, 0.4) is 0 Å². The lowest BCUT2D eigenvalue weighted by molar-refractivity contribution is -0.103. The lowest BCUT2D eigenvalue weighted by atomic mass is 10.0. The number of hydrogen-bond donors (Lipinski definition) is 0. The standard InChI is InChI=1S/C36H50O7Si/c1-10-12-14-16-29-17-15-19-33(43-44(8,9)36(3,4)5)34(29)35(37)42-32(31(18-13-11-2)41-27-38-6)24-25-40-26-28-20-22-30(39-7)23-21-28/h10-23,31-32H,2,24-27H2,1,3-9H3/b12-10+,16-14+,18-13-/t31-,32-/m0/s1. The van der Waals surface area contributed by atoms with Crippen LogP contribution in [0, 0.1) is 0 Å². The molecule has 0 saturated carbocycles. The number of rotatable bonds is 18. The van der Waals surface area contributed by atoms with Crippen LogP contribution in [0.15, 0.2) is 85.5 Å². The highest BCUT2D eigenvalue weighted by molar-refractivity contribution is 6.74. The van der Waals surface area contributed by atoms with Crippen LogP contribution in [-0.4, -0.2) is 54.1 Å². The van der Waals surface area contributed by atoms with Gasteiger partial charge in [-0.3, -0.25) is 0 Å². The molecule has 0 bridgehead atoms. The Hall–Kier alpha value is -3.43. The molecule has 7 nitrogen and oxygen atoms in total. The summed E-state index contributed by atoms with van der Waals surface area (Å²) in [7, 11) is 0.898. The van der Waals surface area contributed by atoms with Crippen molar-refractivity contribution in [3.63, 3.8) is 0 Å². The molecule has 240 valence electrons. The third kappa shape index (κ3) is 11.6. The Bertz CT molecular complexity index is 1260. The Morgan fingerprint density at radius 3 is 2.36 bits per heavy atom. The fourth-order valence-corrected chi connectivity index (χ4v) is 4.93. The first-order valence-corrected chi connectivity index (χ1v) is 17.8. The zero-order chi connectivity index (χ0) is 32.6. The fourth-order valence-electron chi connectivity index (χ4n) is 3.91. The third-order valence-corrected chi connectivity index (χ3v) is 11.8. The van der Waals surface area contributed by atoms with E-state index in [1.807, 2.05) is 73.7 Å². The van der Waals surface area contributed by atoms with Gasteiger partial charge in [0, 0.05) is 13.5 Å². The maximum atomic E-state index is 14.1. The summed E-state index contributed by atoms with van der Waals surface area (Å²) in [6.07, 6.45) is 11.9. The van der Waals surface area contributed by atoms with Gasteiger partial charge in [0.1, 0.15) is 36.1 Å². The van der Waals surface area contributed by atoms with Crippen LogP contribution >= 0.6 is 0 Å². The number of methoxy groups -OCH3 is 2. The van der Waals surface area contributed by atoms with E-state index in [1.54, 1.807) is 32.4 Å². The van der Waals surface area contributed by atoms with Crippen molar-refractivity contribution < 1.29 is 32.9 Å². The van der Waals surface area contributed by atoms with Gasteiger partial charge in [-0.1, -0.05) is 94.1 Å². The minimum Gasteiger partial charge on any atom is -0.543 e. The van der Waals surface area contributed by atoms with Gasteiger partial charge in [0.2, 0.25) is 0 Å². The van der Waals surface area contributed by atoms with E-state index in [0.717, 1.165) is 11.3 Å². The molecule has 2 aromatic carbocycles. The predicted molar refractivity (Wildman–Crippen MR) is 181 cm³/mol. The van der Waals surface area contributed by atoms with E-state index >= 15 is 0 Å². The monoisotopic (exact) mass is 622 g/mol. The van der Waals surface area contributed by atoms with Crippen molar-refractivity contribution in [3.05, 3.63) is 102 Å². The molecule has 0 spiro atoms. The summed E-state index contributed by atoms with van der Waals surface area (Å²) < 4.78 is 35.3. The van der Waals surface area contributed by atoms with Gasteiger partial charge in [-0.15, -0.1) is 0 Å². The van der Waals surface area contributed by atoms with Crippen molar-refractivity contribution in [2.24, 2.45) is 0 Å².